The topological polar surface area (TPSA) is 36.1 Å². The van der Waals surface area contributed by atoms with E-state index in [4.69, 9.17) is 0 Å². The minimum Gasteiger partial charge on any atom is -0.356 e. The van der Waals surface area contributed by atoms with Crippen molar-refractivity contribution in [2.24, 2.45) is 0 Å². The molecule has 0 bridgehead atoms. The Kier molecular flexibility index (Phi) is 1.68. The second-order valence-electron chi connectivity index (χ2n) is 5.31. The number of rotatable bonds is 0. The zero-order valence-electron chi connectivity index (χ0n) is 10.2. The third-order valence-corrected chi connectivity index (χ3v) is 4.30. The number of para-hydroxylation sites is 1. The molecule has 3 heteroatoms. The molecule has 3 nitrogen and oxygen atoms in total. The molecule has 0 saturated carbocycles. The fourth-order valence-electron chi connectivity index (χ4n) is 3.27. The van der Waals surface area contributed by atoms with Gasteiger partial charge in [-0.2, -0.15) is 0 Å². The van der Waals surface area contributed by atoms with E-state index in [-0.39, 0.29) is 11.4 Å². The molecule has 3 heterocycles. The quantitative estimate of drug-likeness (QED) is 0.752. The molecule has 18 heavy (non-hydrogen) atoms. The number of aromatic amines is 1. The van der Waals surface area contributed by atoms with Crippen molar-refractivity contribution in [3.63, 3.8) is 0 Å². The predicted octanol–water partition coefficient (Wildman–Crippen LogP) is 2.99. The van der Waals surface area contributed by atoms with Gasteiger partial charge in [-0.1, -0.05) is 18.2 Å². The van der Waals surface area contributed by atoms with E-state index in [9.17, 15) is 4.79 Å². The molecule has 4 rings (SSSR count). The van der Waals surface area contributed by atoms with E-state index in [1.807, 2.05) is 17.2 Å². The summed E-state index contributed by atoms with van der Waals surface area (Å²) in [7, 11) is 0. The summed E-state index contributed by atoms with van der Waals surface area (Å²) >= 11 is 0. The maximum atomic E-state index is 11.9. The van der Waals surface area contributed by atoms with Gasteiger partial charge in [-0.3, -0.25) is 4.79 Å². The lowest BCUT2D eigenvalue weighted by atomic mass is 9.89. The summed E-state index contributed by atoms with van der Waals surface area (Å²) < 4.78 is 0. The summed E-state index contributed by atoms with van der Waals surface area (Å²) in [5.74, 6) is 0.220. The van der Waals surface area contributed by atoms with E-state index in [1.54, 1.807) is 0 Å². The van der Waals surface area contributed by atoms with E-state index < -0.39 is 0 Å². The Morgan fingerprint density at radius 2 is 2.17 bits per heavy atom. The molecule has 0 aliphatic carbocycles. The number of benzene rings is 1. The highest BCUT2D eigenvalue weighted by atomic mass is 16.2. The van der Waals surface area contributed by atoms with Crippen molar-refractivity contribution in [2.75, 3.05) is 0 Å². The molecule has 0 radical (unpaired) electrons. The molecule has 1 aromatic carbocycles. The van der Waals surface area contributed by atoms with Crippen LogP contribution < -0.4 is 0 Å². The van der Waals surface area contributed by atoms with Crippen LogP contribution in [0.2, 0.25) is 0 Å². The summed E-state index contributed by atoms with van der Waals surface area (Å²) in [5, 5.41) is 1.24. The second-order valence-corrected chi connectivity index (χ2v) is 5.31. The Bertz CT molecular complexity index is 698. The van der Waals surface area contributed by atoms with Crippen molar-refractivity contribution in [2.45, 2.75) is 25.3 Å². The first kappa shape index (κ1) is 9.95. The number of H-pyrrole nitrogens is 1. The van der Waals surface area contributed by atoms with Gasteiger partial charge in [0.1, 0.15) is 0 Å². The Hall–Kier alpha value is -2.03. The normalized spacial score (nSPS) is 25.6. The van der Waals surface area contributed by atoms with Gasteiger partial charge in [0.15, 0.2) is 0 Å². The Labute approximate surface area is 105 Å². The number of carbonyl (C=O) groups excluding carboxylic acids is 1. The molecular weight excluding hydrogens is 224 g/mol. The fourth-order valence-corrected chi connectivity index (χ4v) is 3.27. The lowest BCUT2D eigenvalue weighted by Crippen LogP contribution is -2.39. The average molecular weight is 238 g/mol. The monoisotopic (exact) mass is 238 g/mol. The van der Waals surface area contributed by atoms with Crippen LogP contribution >= 0.6 is 0 Å². The number of hydrogen-bond acceptors (Lipinski definition) is 1. The van der Waals surface area contributed by atoms with Crippen LogP contribution in [0.15, 0.2) is 30.5 Å². The summed E-state index contributed by atoms with van der Waals surface area (Å²) in [6.07, 6.45) is 5.52. The van der Waals surface area contributed by atoms with Gasteiger partial charge in [-0.15, -0.1) is 0 Å². The number of aromatic nitrogens is 1. The minimum absolute atomic E-state index is 0.194. The molecule has 1 aromatic heterocycles. The van der Waals surface area contributed by atoms with Crippen molar-refractivity contribution < 1.29 is 4.79 Å². The number of nitrogens with one attached hydrogen (secondary N) is 1. The highest BCUT2D eigenvalue weighted by Gasteiger charge is 2.45. The Morgan fingerprint density at radius 3 is 3.06 bits per heavy atom. The molecular formula is C15H14N2O. The van der Waals surface area contributed by atoms with Gasteiger partial charge >= 0.3 is 0 Å². The molecule has 90 valence electrons. The first-order valence-corrected chi connectivity index (χ1v) is 6.32. The second kappa shape index (κ2) is 3.05. The van der Waals surface area contributed by atoms with Crippen molar-refractivity contribution in [1.82, 2.24) is 9.88 Å². The minimum atomic E-state index is -0.194. The standard InChI is InChI=1S/C15H14N2O/c1-15-8-6-13(18)17(15)9-7-11-10-4-2-3-5-12(10)16-14(11)15/h2-5,7,9,16H,6,8H2,1H3/t15-/m0/s1. The van der Waals surface area contributed by atoms with Crippen LogP contribution in [0, 0.1) is 0 Å². The summed E-state index contributed by atoms with van der Waals surface area (Å²) in [5.41, 5.74) is 3.37. The zero-order valence-corrected chi connectivity index (χ0v) is 10.2. The van der Waals surface area contributed by atoms with Crippen LogP contribution in [0.25, 0.3) is 17.0 Å². The zero-order chi connectivity index (χ0) is 12.3. The van der Waals surface area contributed by atoms with E-state index in [0.29, 0.717) is 6.42 Å². The summed E-state index contributed by atoms with van der Waals surface area (Å²) in [6.45, 7) is 2.15. The van der Waals surface area contributed by atoms with Crippen molar-refractivity contribution in [1.29, 1.82) is 0 Å². The first-order chi connectivity index (χ1) is 8.70. The van der Waals surface area contributed by atoms with E-state index in [2.05, 4.69) is 36.2 Å². The molecule has 1 fully saturated rings. The van der Waals surface area contributed by atoms with Gasteiger partial charge in [0, 0.05) is 34.8 Å². The molecule has 0 unspecified atom stereocenters. The molecule has 1 saturated heterocycles. The van der Waals surface area contributed by atoms with Crippen LogP contribution in [0.3, 0.4) is 0 Å². The summed E-state index contributed by atoms with van der Waals surface area (Å²) in [4.78, 5) is 17.3. The highest BCUT2D eigenvalue weighted by molar-refractivity contribution is 5.94. The fraction of sp³-hybridized carbons (Fsp3) is 0.267. The van der Waals surface area contributed by atoms with Gasteiger partial charge in [-0.25, -0.2) is 0 Å². The van der Waals surface area contributed by atoms with Gasteiger partial charge in [0.2, 0.25) is 5.91 Å². The average Bonchev–Trinajstić information content (AvgIpc) is 2.89. The predicted molar refractivity (Wildman–Crippen MR) is 70.8 cm³/mol. The molecule has 2 aromatic rings. The Balaban J connectivity index is 2.05. The smallest absolute Gasteiger partial charge is 0.227 e. The van der Waals surface area contributed by atoms with Crippen molar-refractivity contribution in [3.8, 4) is 0 Å². The van der Waals surface area contributed by atoms with Gasteiger partial charge in [-0.05, 0) is 25.5 Å². The maximum Gasteiger partial charge on any atom is 0.227 e. The van der Waals surface area contributed by atoms with Gasteiger partial charge < -0.3 is 9.88 Å². The largest absolute Gasteiger partial charge is 0.356 e. The molecule has 2 aliphatic rings. The number of carbonyl (C=O) groups is 1. The van der Waals surface area contributed by atoms with Crippen LogP contribution in [-0.2, 0) is 10.3 Å². The molecule has 1 amide bonds. The van der Waals surface area contributed by atoms with Crippen LogP contribution in [0.5, 0.6) is 0 Å². The first-order valence-electron chi connectivity index (χ1n) is 6.32. The number of nitrogens with zero attached hydrogens (tertiary/aromatic N) is 1. The number of hydrogen-bond donors (Lipinski definition) is 1. The van der Waals surface area contributed by atoms with E-state index in [0.717, 1.165) is 11.9 Å². The lowest BCUT2D eigenvalue weighted by molar-refractivity contribution is -0.128. The SMILES string of the molecule is C[C@@]12CCC(=O)N1C=Cc1c2[nH]c2ccccc12. The van der Waals surface area contributed by atoms with Gasteiger partial charge in [0.25, 0.3) is 0 Å². The maximum absolute atomic E-state index is 11.9. The summed E-state index contributed by atoms with van der Waals surface area (Å²) in [6, 6.07) is 8.31. The van der Waals surface area contributed by atoms with Crippen molar-refractivity contribution in [3.05, 3.63) is 41.7 Å². The third kappa shape index (κ3) is 1.02. The number of fused-ring (bicyclic) bond motifs is 5. The Morgan fingerprint density at radius 1 is 1.33 bits per heavy atom. The molecule has 2 aliphatic heterocycles. The lowest BCUT2D eigenvalue weighted by Gasteiger charge is -2.35. The highest BCUT2D eigenvalue weighted by Crippen LogP contribution is 2.45. The van der Waals surface area contributed by atoms with Crippen LogP contribution in [0.1, 0.15) is 31.0 Å². The van der Waals surface area contributed by atoms with E-state index in [1.165, 1.54) is 16.6 Å². The van der Waals surface area contributed by atoms with Gasteiger partial charge in [0.05, 0.1) is 5.54 Å². The molecule has 1 N–H and O–H groups in total. The van der Waals surface area contributed by atoms with Crippen molar-refractivity contribution >= 4 is 22.9 Å². The number of amides is 1. The van der Waals surface area contributed by atoms with Crippen LogP contribution in [-0.4, -0.2) is 15.8 Å². The molecule has 0 spiro atoms. The third-order valence-electron chi connectivity index (χ3n) is 4.30. The van der Waals surface area contributed by atoms with E-state index >= 15 is 0 Å². The molecule has 1 atom stereocenters. The van der Waals surface area contributed by atoms with Crippen LogP contribution in [0.4, 0.5) is 0 Å².